The van der Waals surface area contributed by atoms with E-state index in [1.807, 2.05) is 19.9 Å². The monoisotopic (exact) mass is 265 g/mol. The van der Waals surface area contributed by atoms with E-state index in [-0.39, 0.29) is 5.78 Å². The highest BCUT2D eigenvalue weighted by molar-refractivity contribution is 7.12. The minimum atomic E-state index is -0.00579. The predicted octanol–water partition coefficient (Wildman–Crippen LogP) is 3.83. The molecule has 0 atom stereocenters. The van der Waals surface area contributed by atoms with Crippen molar-refractivity contribution in [2.24, 2.45) is 0 Å². The number of aryl methyl sites for hydroxylation is 2. The number of carbonyl (C=O) groups excluding carboxylic acids is 1. The fourth-order valence-corrected chi connectivity index (χ4v) is 2.78. The largest absolute Gasteiger partial charge is 0.398 e. The third kappa shape index (κ3) is 2.35. The molecule has 0 unspecified atom stereocenters. The normalized spacial score (nSPS) is 10.5. The Morgan fingerprint density at radius 1 is 1.29 bits per heavy atom. The average molecular weight is 266 g/mol. The summed E-state index contributed by atoms with van der Waals surface area (Å²) in [6.07, 6.45) is 0. The van der Waals surface area contributed by atoms with Gasteiger partial charge in [0.25, 0.3) is 0 Å². The smallest absolute Gasteiger partial charge is 0.194 e. The molecule has 2 nitrogen and oxygen atoms in total. The van der Waals surface area contributed by atoms with Crippen LogP contribution in [0.5, 0.6) is 0 Å². The number of rotatable bonds is 2. The van der Waals surface area contributed by atoms with Gasteiger partial charge >= 0.3 is 0 Å². The second kappa shape index (κ2) is 4.51. The fourth-order valence-electron chi connectivity index (χ4n) is 1.68. The molecule has 1 heterocycles. The number of nitrogens with two attached hydrogens (primary N) is 1. The summed E-state index contributed by atoms with van der Waals surface area (Å²) in [5.41, 5.74) is 7.43. The quantitative estimate of drug-likeness (QED) is 0.662. The van der Waals surface area contributed by atoms with E-state index in [2.05, 4.69) is 0 Å². The molecule has 4 heteroatoms. The molecule has 0 fully saturated rings. The van der Waals surface area contributed by atoms with Crippen LogP contribution in [-0.4, -0.2) is 5.78 Å². The highest BCUT2D eigenvalue weighted by Crippen LogP contribution is 2.26. The van der Waals surface area contributed by atoms with Gasteiger partial charge < -0.3 is 5.73 Å². The van der Waals surface area contributed by atoms with Gasteiger partial charge in [-0.3, -0.25) is 4.79 Å². The number of thiophene rings is 1. The highest BCUT2D eigenvalue weighted by Gasteiger charge is 2.14. The molecule has 0 saturated heterocycles. The van der Waals surface area contributed by atoms with Crippen LogP contribution in [0.3, 0.4) is 0 Å². The number of carbonyl (C=O) groups is 1. The number of hydrogen-bond donors (Lipinski definition) is 1. The fraction of sp³-hybridized carbons (Fsp3) is 0.154. The standard InChI is InChI=1S/C13H12ClNOS/c1-7-5-10(8(2)17-7)13(16)9-3-4-12(15)11(14)6-9/h3-6H,15H2,1-2H3. The molecule has 0 spiro atoms. The number of benzene rings is 1. The van der Waals surface area contributed by atoms with Crippen LogP contribution in [0.2, 0.25) is 5.02 Å². The van der Waals surface area contributed by atoms with Gasteiger partial charge in [0.1, 0.15) is 0 Å². The summed E-state index contributed by atoms with van der Waals surface area (Å²) in [5, 5.41) is 0.417. The molecular formula is C13H12ClNOS. The van der Waals surface area contributed by atoms with Crippen LogP contribution in [-0.2, 0) is 0 Å². The molecule has 88 valence electrons. The summed E-state index contributed by atoms with van der Waals surface area (Å²) in [6.45, 7) is 3.94. The summed E-state index contributed by atoms with van der Waals surface area (Å²) in [7, 11) is 0. The third-order valence-electron chi connectivity index (χ3n) is 2.55. The van der Waals surface area contributed by atoms with Crippen molar-refractivity contribution in [3.8, 4) is 0 Å². The van der Waals surface area contributed by atoms with Crippen LogP contribution in [0.1, 0.15) is 25.7 Å². The Hall–Kier alpha value is -1.32. The zero-order valence-corrected chi connectivity index (χ0v) is 11.2. The molecule has 2 aromatic rings. The van der Waals surface area contributed by atoms with Crippen molar-refractivity contribution in [2.75, 3.05) is 5.73 Å². The molecular weight excluding hydrogens is 254 g/mol. The number of ketones is 1. The number of anilines is 1. The first kappa shape index (κ1) is 12.1. The Morgan fingerprint density at radius 3 is 2.53 bits per heavy atom. The van der Waals surface area contributed by atoms with Gasteiger partial charge in [-0.2, -0.15) is 0 Å². The van der Waals surface area contributed by atoms with Gasteiger partial charge in [0, 0.05) is 20.9 Å². The van der Waals surface area contributed by atoms with Crippen molar-refractivity contribution in [3.05, 3.63) is 50.2 Å². The SMILES string of the molecule is Cc1cc(C(=O)c2ccc(N)c(Cl)c2)c(C)s1. The lowest BCUT2D eigenvalue weighted by Gasteiger charge is -2.03. The summed E-state index contributed by atoms with van der Waals surface area (Å²) in [4.78, 5) is 14.4. The molecule has 17 heavy (non-hydrogen) atoms. The molecule has 0 amide bonds. The van der Waals surface area contributed by atoms with Crippen molar-refractivity contribution in [1.82, 2.24) is 0 Å². The molecule has 0 aliphatic rings. The lowest BCUT2D eigenvalue weighted by atomic mass is 10.0. The van der Waals surface area contributed by atoms with Gasteiger partial charge in [-0.25, -0.2) is 0 Å². The molecule has 1 aromatic heterocycles. The molecule has 2 rings (SSSR count). The molecule has 0 aliphatic carbocycles. The molecule has 0 bridgehead atoms. The van der Waals surface area contributed by atoms with E-state index in [0.29, 0.717) is 16.3 Å². The Labute approximate surface area is 109 Å². The van der Waals surface area contributed by atoms with Crippen molar-refractivity contribution in [1.29, 1.82) is 0 Å². The third-order valence-corrected chi connectivity index (χ3v) is 3.84. The second-order valence-corrected chi connectivity index (χ2v) is 5.76. The summed E-state index contributed by atoms with van der Waals surface area (Å²) in [6, 6.07) is 6.89. The van der Waals surface area contributed by atoms with E-state index in [4.69, 9.17) is 17.3 Å². The first-order chi connectivity index (χ1) is 7.99. The Morgan fingerprint density at radius 2 is 2.00 bits per heavy atom. The maximum absolute atomic E-state index is 12.3. The van der Waals surface area contributed by atoms with Crippen LogP contribution in [0, 0.1) is 13.8 Å². The zero-order valence-electron chi connectivity index (χ0n) is 9.58. The lowest BCUT2D eigenvalue weighted by molar-refractivity contribution is 0.103. The van der Waals surface area contributed by atoms with Crippen molar-refractivity contribution < 1.29 is 4.79 Å². The molecule has 1 aromatic carbocycles. The van der Waals surface area contributed by atoms with Gasteiger partial charge in [-0.05, 0) is 38.1 Å². The van der Waals surface area contributed by atoms with E-state index in [1.165, 1.54) is 0 Å². The Kier molecular flexibility index (Phi) is 3.22. The second-order valence-electron chi connectivity index (χ2n) is 3.89. The predicted molar refractivity (Wildman–Crippen MR) is 73.1 cm³/mol. The Balaban J connectivity index is 2.44. The van der Waals surface area contributed by atoms with Gasteiger partial charge in [-0.15, -0.1) is 11.3 Å². The van der Waals surface area contributed by atoms with E-state index >= 15 is 0 Å². The number of nitrogen functional groups attached to an aromatic ring is 1. The molecule has 0 saturated carbocycles. The first-order valence-electron chi connectivity index (χ1n) is 5.16. The summed E-state index contributed by atoms with van der Waals surface area (Å²) in [5.74, 6) is -0.00579. The van der Waals surface area contributed by atoms with Crippen molar-refractivity contribution in [2.45, 2.75) is 13.8 Å². The van der Waals surface area contributed by atoms with Gasteiger partial charge in [0.2, 0.25) is 0 Å². The molecule has 0 radical (unpaired) electrons. The van der Waals surface area contributed by atoms with E-state index in [1.54, 1.807) is 29.5 Å². The summed E-state index contributed by atoms with van der Waals surface area (Å²) < 4.78 is 0. The van der Waals surface area contributed by atoms with E-state index in [9.17, 15) is 4.79 Å². The average Bonchev–Trinajstić information content (AvgIpc) is 2.61. The summed E-state index contributed by atoms with van der Waals surface area (Å²) >= 11 is 7.54. The van der Waals surface area contributed by atoms with Gasteiger partial charge in [0.05, 0.1) is 10.7 Å². The molecule has 2 N–H and O–H groups in total. The maximum atomic E-state index is 12.3. The topological polar surface area (TPSA) is 43.1 Å². The van der Waals surface area contributed by atoms with Crippen molar-refractivity contribution in [3.63, 3.8) is 0 Å². The minimum absolute atomic E-state index is 0.00579. The van der Waals surface area contributed by atoms with Crippen LogP contribution in [0.25, 0.3) is 0 Å². The van der Waals surface area contributed by atoms with Crippen LogP contribution in [0.4, 0.5) is 5.69 Å². The van der Waals surface area contributed by atoms with Gasteiger partial charge in [-0.1, -0.05) is 11.6 Å². The first-order valence-corrected chi connectivity index (χ1v) is 6.35. The molecule has 0 aliphatic heterocycles. The number of hydrogen-bond acceptors (Lipinski definition) is 3. The van der Waals surface area contributed by atoms with Crippen LogP contribution < -0.4 is 5.73 Å². The Bertz CT molecular complexity index is 589. The lowest BCUT2D eigenvalue weighted by Crippen LogP contribution is -2.02. The number of halogens is 1. The minimum Gasteiger partial charge on any atom is -0.398 e. The van der Waals surface area contributed by atoms with Crippen LogP contribution >= 0.6 is 22.9 Å². The highest BCUT2D eigenvalue weighted by atomic mass is 35.5. The zero-order chi connectivity index (χ0) is 12.6. The van der Waals surface area contributed by atoms with Crippen molar-refractivity contribution >= 4 is 34.4 Å². The maximum Gasteiger partial charge on any atom is 0.194 e. The van der Waals surface area contributed by atoms with E-state index < -0.39 is 0 Å². The van der Waals surface area contributed by atoms with Crippen LogP contribution in [0.15, 0.2) is 24.3 Å². The van der Waals surface area contributed by atoms with E-state index in [0.717, 1.165) is 15.3 Å². The van der Waals surface area contributed by atoms with Gasteiger partial charge in [0.15, 0.2) is 5.78 Å².